The van der Waals surface area contributed by atoms with Crippen LogP contribution in [-0.4, -0.2) is 32.2 Å². The molecule has 0 saturated heterocycles. The fourth-order valence-corrected chi connectivity index (χ4v) is 2.41. The van der Waals surface area contributed by atoms with Crippen molar-refractivity contribution in [1.82, 2.24) is 9.97 Å². The Bertz CT molecular complexity index is 412. The van der Waals surface area contributed by atoms with Gasteiger partial charge in [-0.3, -0.25) is 4.21 Å². The van der Waals surface area contributed by atoms with Crippen LogP contribution in [0.15, 0.2) is 6.07 Å². The number of aromatic nitrogens is 2. The Morgan fingerprint density at radius 2 is 2.11 bits per heavy atom. The Morgan fingerprint density at radius 1 is 1.44 bits per heavy atom. The average Bonchev–Trinajstić information content (AvgIpc) is 2.27. The van der Waals surface area contributed by atoms with Gasteiger partial charge in [-0.25, -0.2) is 15.8 Å². The predicted octanol–water partition coefficient (Wildman–Crippen LogP) is 0.894. The molecule has 102 valence electrons. The summed E-state index contributed by atoms with van der Waals surface area (Å²) in [6.45, 7) is 4.04. The molecule has 0 amide bonds. The summed E-state index contributed by atoms with van der Waals surface area (Å²) in [7, 11) is -0.831. The molecule has 0 aromatic carbocycles. The number of nitrogen functional groups attached to an aromatic ring is 1. The highest BCUT2D eigenvalue weighted by molar-refractivity contribution is 7.84. The summed E-state index contributed by atoms with van der Waals surface area (Å²) in [5.41, 5.74) is 2.53. The molecule has 18 heavy (non-hydrogen) atoms. The van der Waals surface area contributed by atoms with Crippen LogP contribution in [-0.2, 0) is 17.2 Å². The van der Waals surface area contributed by atoms with Gasteiger partial charge in [0.15, 0.2) is 0 Å². The van der Waals surface area contributed by atoms with E-state index in [0.717, 1.165) is 18.7 Å². The minimum atomic E-state index is -0.831. The van der Waals surface area contributed by atoms with Crippen molar-refractivity contribution in [2.24, 2.45) is 5.84 Å². The Hall–Kier alpha value is -1.21. The first-order valence-electron chi connectivity index (χ1n) is 5.96. The second kappa shape index (κ2) is 7.27. The van der Waals surface area contributed by atoms with Crippen molar-refractivity contribution in [3.05, 3.63) is 11.9 Å². The number of nitrogens with zero attached hydrogens (tertiary/aromatic N) is 2. The van der Waals surface area contributed by atoms with Crippen LogP contribution in [0.1, 0.15) is 26.1 Å². The van der Waals surface area contributed by atoms with Gasteiger partial charge in [-0.1, -0.05) is 6.92 Å². The fraction of sp³-hybridized carbons (Fsp3) is 0.636. The Balaban J connectivity index is 2.80. The van der Waals surface area contributed by atoms with Crippen molar-refractivity contribution in [3.63, 3.8) is 0 Å². The van der Waals surface area contributed by atoms with Crippen LogP contribution in [0.2, 0.25) is 0 Å². The zero-order valence-electron chi connectivity index (χ0n) is 11.1. The lowest BCUT2D eigenvalue weighted by Crippen LogP contribution is -2.23. The van der Waals surface area contributed by atoms with Gasteiger partial charge in [0, 0.05) is 41.3 Å². The molecule has 1 aromatic heterocycles. The SMILES string of the molecule is CCCc1nc(NN)cc(NC(C)CS(C)=O)n1. The standard InChI is InChI=1S/C11H21N5OS/c1-4-5-9-14-10(6-11(15-9)16-12)13-8(2)7-18(3)17/h6,8H,4-5,7,12H2,1-3H3,(H2,13,14,15,16). The minimum Gasteiger partial charge on any atom is -0.367 e. The molecule has 0 fully saturated rings. The van der Waals surface area contributed by atoms with Gasteiger partial charge in [-0.15, -0.1) is 0 Å². The van der Waals surface area contributed by atoms with Gasteiger partial charge in [0.1, 0.15) is 17.5 Å². The second-order valence-electron chi connectivity index (χ2n) is 4.23. The van der Waals surface area contributed by atoms with Crippen LogP contribution in [0.3, 0.4) is 0 Å². The van der Waals surface area contributed by atoms with Crippen molar-refractivity contribution < 1.29 is 4.21 Å². The summed E-state index contributed by atoms with van der Waals surface area (Å²) < 4.78 is 11.1. The van der Waals surface area contributed by atoms with Gasteiger partial charge in [-0.2, -0.15) is 0 Å². The highest BCUT2D eigenvalue weighted by Gasteiger charge is 2.08. The Kier molecular flexibility index (Phi) is 6.00. The van der Waals surface area contributed by atoms with Crippen LogP contribution < -0.4 is 16.6 Å². The normalized spacial score (nSPS) is 14.0. The van der Waals surface area contributed by atoms with Crippen LogP contribution >= 0.6 is 0 Å². The van der Waals surface area contributed by atoms with Crippen molar-refractivity contribution in [1.29, 1.82) is 0 Å². The maximum Gasteiger partial charge on any atom is 0.145 e. The van der Waals surface area contributed by atoms with Gasteiger partial charge in [0.25, 0.3) is 0 Å². The zero-order chi connectivity index (χ0) is 13.5. The molecule has 0 bridgehead atoms. The maximum atomic E-state index is 11.1. The van der Waals surface area contributed by atoms with Crippen LogP contribution in [0.25, 0.3) is 0 Å². The largest absolute Gasteiger partial charge is 0.367 e. The number of rotatable bonds is 7. The molecule has 0 spiro atoms. The van der Waals surface area contributed by atoms with Crippen LogP contribution in [0, 0.1) is 0 Å². The molecular formula is C11H21N5OS. The van der Waals surface area contributed by atoms with E-state index in [1.54, 1.807) is 12.3 Å². The van der Waals surface area contributed by atoms with Crippen molar-refractivity contribution in [2.75, 3.05) is 22.8 Å². The molecule has 1 aromatic rings. The summed E-state index contributed by atoms with van der Waals surface area (Å²) in [4.78, 5) is 8.66. The molecule has 0 aliphatic heterocycles. The molecule has 2 atom stereocenters. The third-order valence-electron chi connectivity index (χ3n) is 2.27. The first kappa shape index (κ1) is 14.8. The molecule has 0 saturated carbocycles. The number of hydrazine groups is 1. The Morgan fingerprint density at radius 3 is 2.67 bits per heavy atom. The van der Waals surface area contributed by atoms with Crippen LogP contribution in [0.4, 0.5) is 11.6 Å². The van der Waals surface area contributed by atoms with E-state index in [1.165, 1.54) is 0 Å². The summed E-state index contributed by atoms with van der Waals surface area (Å²) in [6, 6.07) is 1.83. The number of hydrogen-bond donors (Lipinski definition) is 3. The van der Waals surface area contributed by atoms with E-state index in [2.05, 4.69) is 27.6 Å². The molecular weight excluding hydrogens is 250 g/mol. The van der Waals surface area contributed by atoms with Gasteiger partial charge >= 0.3 is 0 Å². The molecule has 2 unspecified atom stereocenters. The number of nitrogens with two attached hydrogens (primary N) is 1. The van der Waals surface area contributed by atoms with E-state index < -0.39 is 10.8 Å². The fourth-order valence-electron chi connectivity index (χ4n) is 1.63. The highest BCUT2D eigenvalue weighted by atomic mass is 32.2. The highest BCUT2D eigenvalue weighted by Crippen LogP contribution is 2.12. The molecule has 0 radical (unpaired) electrons. The van der Waals surface area contributed by atoms with Crippen molar-refractivity contribution in [2.45, 2.75) is 32.7 Å². The number of hydrogen-bond acceptors (Lipinski definition) is 6. The lowest BCUT2D eigenvalue weighted by atomic mass is 10.3. The first-order chi connectivity index (χ1) is 8.55. The van der Waals surface area contributed by atoms with E-state index >= 15 is 0 Å². The molecule has 0 aliphatic carbocycles. The number of aryl methyl sites for hydroxylation is 1. The van der Waals surface area contributed by atoms with E-state index in [0.29, 0.717) is 17.4 Å². The average molecular weight is 271 g/mol. The molecule has 1 rings (SSSR count). The monoisotopic (exact) mass is 271 g/mol. The molecule has 6 nitrogen and oxygen atoms in total. The number of nitrogens with one attached hydrogen (secondary N) is 2. The quantitative estimate of drug-likeness (QED) is 0.504. The Labute approximate surface area is 110 Å². The smallest absolute Gasteiger partial charge is 0.145 e. The van der Waals surface area contributed by atoms with Gasteiger partial charge in [-0.05, 0) is 13.3 Å². The van der Waals surface area contributed by atoms with E-state index in [4.69, 9.17) is 5.84 Å². The third kappa shape index (κ3) is 4.97. The summed E-state index contributed by atoms with van der Waals surface area (Å²) >= 11 is 0. The zero-order valence-corrected chi connectivity index (χ0v) is 11.9. The van der Waals surface area contributed by atoms with E-state index in [9.17, 15) is 4.21 Å². The lowest BCUT2D eigenvalue weighted by Gasteiger charge is -2.14. The molecule has 7 heteroatoms. The minimum absolute atomic E-state index is 0.0887. The second-order valence-corrected chi connectivity index (χ2v) is 5.71. The molecule has 0 aliphatic rings. The third-order valence-corrected chi connectivity index (χ3v) is 3.24. The summed E-state index contributed by atoms with van der Waals surface area (Å²) in [6.07, 6.45) is 3.47. The molecule has 4 N–H and O–H groups in total. The number of anilines is 2. The summed E-state index contributed by atoms with van der Waals surface area (Å²) in [5.74, 6) is 8.00. The first-order valence-corrected chi connectivity index (χ1v) is 7.69. The maximum absolute atomic E-state index is 11.1. The molecule has 1 heterocycles. The topological polar surface area (TPSA) is 92.9 Å². The van der Waals surface area contributed by atoms with Gasteiger partial charge in [0.05, 0.1) is 0 Å². The van der Waals surface area contributed by atoms with E-state index in [-0.39, 0.29) is 6.04 Å². The predicted molar refractivity (Wildman–Crippen MR) is 75.9 cm³/mol. The van der Waals surface area contributed by atoms with Crippen LogP contribution in [0.5, 0.6) is 0 Å². The lowest BCUT2D eigenvalue weighted by molar-refractivity contribution is 0.682. The van der Waals surface area contributed by atoms with Gasteiger partial charge < -0.3 is 10.7 Å². The van der Waals surface area contributed by atoms with Crippen molar-refractivity contribution >= 4 is 22.4 Å². The van der Waals surface area contributed by atoms with E-state index in [1.807, 2.05) is 6.92 Å². The van der Waals surface area contributed by atoms with Crippen molar-refractivity contribution in [3.8, 4) is 0 Å². The summed E-state index contributed by atoms with van der Waals surface area (Å²) in [5, 5.41) is 3.21. The van der Waals surface area contributed by atoms with Gasteiger partial charge in [0.2, 0.25) is 0 Å².